The summed E-state index contributed by atoms with van der Waals surface area (Å²) < 4.78 is 5.16. The van der Waals surface area contributed by atoms with Crippen molar-refractivity contribution in [2.45, 2.75) is 32.2 Å². The van der Waals surface area contributed by atoms with Crippen molar-refractivity contribution in [1.82, 2.24) is 10.2 Å². The summed E-state index contributed by atoms with van der Waals surface area (Å²) in [6.45, 7) is 4.20. The molecule has 0 unspecified atom stereocenters. The topological polar surface area (TPSA) is 58.6 Å². The predicted octanol–water partition coefficient (Wildman–Crippen LogP) is 3.40. The van der Waals surface area contributed by atoms with Gasteiger partial charge in [0, 0.05) is 19.3 Å². The van der Waals surface area contributed by atoms with Crippen molar-refractivity contribution in [3.05, 3.63) is 65.2 Å². The zero-order chi connectivity index (χ0) is 20.5. The highest BCUT2D eigenvalue weighted by Crippen LogP contribution is 2.19. The van der Waals surface area contributed by atoms with E-state index in [0.29, 0.717) is 12.3 Å². The molecule has 0 aliphatic rings. The van der Waals surface area contributed by atoms with E-state index >= 15 is 0 Å². The average Bonchev–Trinajstić information content (AvgIpc) is 2.72. The van der Waals surface area contributed by atoms with Gasteiger partial charge in [-0.1, -0.05) is 36.4 Å². The summed E-state index contributed by atoms with van der Waals surface area (Å²) in [5.41, 5.74) is 3.28. The number of amides is 2. The van der Waals surface area contributed by atoms with Crippen LogP contribution in [0.15, 0.2) is 48.5 Å². The van der Waals surface area contributed by atoms with Crippen LogP contribution >= 0.6 is 11.8 Å². The second kappa shape index (κ2) is 10.8. The normalized spacial score (nSPS) is 11.6. The molecule has 0 fully saturated rings. The van der Waals surface area contributed by atoms with Crippen molar-refractivity contribution >= 4 is 23.6 Å². The highest BCUT2D eigenvalue weighted by Gasteiger charge is 2.25. The lowest BCUT2D eigenvalue weighted by Crippen LogP contribution is -2.47. The Hall–Kier alpha value is -2.47. The van der Waals surface area contributed by atoms with Crippen LogP contribution in [0.1, 0.15) is 23.6 Å². The van der Waals surface area contributed by atoms with Crippen LogP contribution in [0.2, 0.25) is 0 Å². The largest absolute Gasteiger partial charge is 0.497 e. The molecule has 0 heterocycles. The number of hydrogen-bond acceptors (Lipinski definition) is 4. The van der Waals surface area contributed by atoms with Gasteiger partial charge in [0.2, 0.25) is 11.8 Å². The number of hydrogen-bond donors (Lipinski definition) is 1. The quantitative estimate of drug-likeness (QED) is 0.701. The van der Waals surface area contributed by atoms with Gasteiger partial charge in [-0.2, -0.15) is 0 Å². The zero-order valence-electron chi connectivity index (χ0n) is 16.9. The molecular formula is C22H28N2O3S. The summed E-state index contributed by atoms with van der Waals surface area (Å²) in [7, 11) is 3.23. The molecule has 0 aromatic heterocycles. The number of thioether (sulfide) groups is 1. The lowest BCUT2D eigenvalue weighted by Gasteiger charge is -2.29. The first-order valence-corrected chi connectivity index (χ1v) is 10.4. The SMILES string of the molecule is CNC(=O)[C@@H](C)N(Cc1ccccc1C)C(=O)CSCc1ccc(OC)cc1. The van der Waals surface area contributed by atoms with E-state index in [9.17, 15) is 9.59 Å². The van der Waals surface area contributed by atoms with E-state index in [4.69, 9.17) is 4.74 Å². The Balaban J connectivity index is 2.03. The van der Waals surface area contributed by atoms with E-state index in [2.05, 4.69) is 5.32 Å². The summed E-state index contributed by atoms with van der Waals surface area (Å²) in [5, 5.41) is 2.64. The predicted molar refractivity (Wildman–Crippen MR) is 114 cm³/mol. The third-order valence-corrected chi connectivity index (χ3v) is 5.66. The molecule has 0 saturated carbocycles. The Morgan fingerprint density at radius 3 is 2.43 bits per heavy atom. The number of rotatable bonds is 9. The second-order valence-electron chi connectivity index (χ2n) is 6.58. The van der Waals surface area contributed by atoms with E-state index < -0.39 is 6.04 Å². The summed E-state index contributed by atoms with van der Waals surface area (Å²) >= 11 is 1.54. The lowest BCUT2D eigenvalue weighted by molar-refractivity contribution is -0.138. The maximum absolute atomic E-state index is 12.9. The van der Waals surface area contributed by atoms with Crippen LogP contribution in [-0.4, -0.2) is 42.7 Å². The fraction of sp³-hybridized carbons (Fsp3) is 0.364. The van der Waals surface area contributed by atoms with Crippen LogP contribution in [0, 0.1) is 6.92 Å². The van der Waals surface area contributed by atoms with Crippen molar-refractivity contribution in [3.63, 3.8) is 0 Å². The molecule has 6 heteroatoms. The number of nitrogens with one attached hydrogen (secondary N) is 1. The third kappa shape index (κ3) is 6.02. The molecule has 5 nitrogen and oxygen atoms in total. The molecule has 0 radical (unpaired) electrons. The monoisotopic (exact) mass is 400 g/mol. The lowest BCUT2D eigenvalue weighted by atomic mass is 10.1. The Labute approximate surface area is 171 Å². The fourth-order valence-corrected chi connectivity index (χ4v) is 3.69. The summed E-state index contributed by atoms with van der Waals surface area (Å²) in [4.78, 5) is 26.7. The van der Waals surface area contributed by atoms with Crippen LogP contribution < -0.4 is 10.1 Å². The minimum Gasteiger partial charge on any atom is -0.497 e. The van der Waals surface area contributed by atoms with Gasteiger partial charge in [-0.25, -0.2) is 0 Å². The Morgan fingerprint density at radius 1 is 1.14 bits per heavy atom. The number of carbonyl (C=O) groups excluding carboxylic acids is 2. The number of aryl methyl sites for hydroxylation is 1. The Kier molecular flexibility index (Phi) is 8.39. The first kappa shape index (κ1) is 21.8. The molecule has 2 rings (SSSR count). The Bertz CT molecular complexity index is 793. The van der Waals surface area contributed by atoms with Gasteiger partial charge in [0.05, 0.1) is 12.9 Å². The van der Waals surface area contributed by atoms with E-state index in [-0.39, 0.29) is 11.8 Å². The number of nitrogens with zero attached hydrogens (tertiary/aromatic N) is 1. The minimum atomic E-state index is -0.529. The molecule has 1 atom stereocenters. The third-order valence-electron chi connectivity index (χ3n) is 4.67. The molecular weight excluding hydrogens is 372 g/mol. The first-order chi connectivity index (χ1) is 13.5. The van der Waals surface area contributed by atoms with Crippen LogP contribution in [-0.2, 0) is 21.9 Å². The van der Waals surface area contributed by atoms with Crippen molar-refractivity contribution in [2.75, 3.05) is 19.9 Å². The molecule has 0 aliphatic heterocycles. The number of ether oxygens (including phenoxy) is 1. The molecule has 1 N–H and O–H groups in total. The van der Waals surface area contributed by atoms with Gasteiger partial charge in [0.25, 0.3) is 0 Å². The number of likely N-dealkylation sites (N-methyl/N-ethyl adjacent to an activating group) is 1. The van der Waals surface area contributed by atoms with Crippen molar-refractivity contribution in [1.29, 1.82) is 0 Å². The van der Waals surface area contributed by atoms with Crippen molar-refractivity contribution < 1.29 is 14.3 Å². The molecule has 0 spiro atoms. The number of carbonyl (C=O) groups is 2. The zero-order valence-corrected chi connectivity index (χ0v) is 17.7. The van der Waals surface area contributed by atoms with E-state index in [1.165, 1.54) is 0 Å². The molecule has 2 amide bonds. The summed E-state index contributed by atoms with van der Waals surface area (Å²) in [6, 6.07) is 15.2. The van der Waals surface area contributed by atoms with Crippen LogP contribution in [0.25, 0.3) is 0 Å². The highest BCUT2D eigenvalue weighted by atomic mass is 32.2. The molecule has 2 aromatic rings. The molecule has 0 aliphatic carbocycles. The molecule has 0 bridgehead atoms. The van der Waals surface area contributed by atoms with Crippen LogP contribution in [0.5, 0.6) is 5.75 Å². The van der Waals surface area contributed by atoms with Crippen molar-refractivity contribution in [2.24, 2.45) is 0 Å². The molecule has 0 saturated heterocycles. The summed E-state index contributed by atoms with van der Waals surface area (Å²) in [5.74, 6) is 1.65. The smallest absolute Gasteiger partial charge is 0.242 e. The minimum absolute atomic E-state index is 0.0436. The molecule has 150 valence electrons. The highest BCUT2D eigenvalue weighted by molar-refractivity contribution is 7.99. The van der Waals surface area contributed by atoms with Gasteiger partial charge in [-0.3, -0.25) is 9.59 Å². The van der Waals surface area contributed by atoms with Gasteiger partial charge >= 0.3 is 0 Å². The second-order valence-corrected chi connectivity index (χ2v) is 7.56. The maximum Gasteiger partial charge on any atom is 0.242 e. The molecule has 28 heavy (non-hydrogen) atoms. The van der Waals surface area contributed by atoms with Gasteiger partial charge in [-0.05, 0) is 42.7 Å². The van der Waals surface area contributed by atoms with Gasteiger partial charge in [-0.15, -0.1) is 11.8 Å². The van der Waals surface area contributed by atoms with E-state index in [1.807, 2.05) is 55.5 Å². The van der Waals surface area contributed by atoms with Gasteiger partial charge < -0.3 is 15.0 Å². The first-order valence-electron chi connectivity index (χ1n) is 9.22. The molecule has 2 aromatic carbocycles. The maximum atomic E-state index is 12.9. The van der Waals surface area contributed by atoms with Crippen LogP contribution in [0.3, 0.4) is 0 Å². The number of methoxy groups -OCH3 is 1. The van der Waals surface area contributed by atoms with E-state index in [1.54, 1.807) is 37.7 Å². The fourth-order valence-electron chi connectivity index (χ4n) is 2.82. The Morgan fingerprint density at radius 2 is 1.82 bits per heavy atom. The van der Waals surface area contributed by atoms with Gasteiger partial charge in [0.1, 0.15) is 11.8 Å². The van der Waals surface area contributed by atoms with Gasteiger partial charge in [0.15, 0.2) is 0 Å². The van der Waals surface area contributed by atoms with Crippen LogP contribution in [0.4, 0.5) is 0 Å². The average molecular weight is 401 g/mol. The summed E-state index contributed by atoms with van der Waals surface area (Å²) in [6.07, 6.45) is 0. The standard InChI is InChI=1S/C22H28N2O3S/c1-16-7-5-6-8-19(16)13-24(17(2)22(26)23-3)21(25)15-28-14-18-9-11-20(27-4)12-10-18/h5-12,17H,13-15H2,1-4H3,(H,23,26)/t17-/m1/s1. The van der Waals surface area contributed by atoms with Crippen molar-refractivity contribution in [3.8, 4) is 5.75 Å². The number of benzene rings is 2. The van der Waals surface area contributed by atoms with E-state index in [0.717, 1.165) is 28.2 Å².